The number of aliphatic imine (C=N–C) groups is 1. The molecule has 0 radical (unpaired) electrons. The molecule has 0 saturated carbocycles. The lowest BCUT2D eigenvalue weighted by Gasteiger charge is -2.11. The molecule has 7 heteroatoms. The summed E-state index contributed by atoms with van der Waals surface area (Å²) in [5.74, 6) is -0.459. The summed E-state index contributed by atoms with van der Waals surface area (Å²) in [7, 11) is 0. The van der Waals surface area contributed by atoms with Crippen molar-refractivity contribution in [3.8, 4) is 11.6 Å². The van der Waals surface area contributed by atoms with Crippen LogP contribution in [0.15, 0.2) is 51.0 Å². The number of rotatable bonds is 3. The second kappa shape index (κ2) is 7.22. The second-order valence-electron chi connectivity index (χ2n) is 6.79. The third-order valence-corrected chi connectivity index (χ3v) is 5.39. The topological polar surface area (TPSA) is 87.4 Å². The summed E-state index contributed by atoms with van der Waals surface area (Å²) >= 11 is 6.16. The first-order valence-electron chi connectivity index (χ1n) is 9.13. The maximum atomic E-state index is 12.4. The normalized spacial score (nSPS) is 13.8. The van der Waals surface area contributed by atoms with Crippen LogP contribution in [0.2, 0.25) is 5.02 Å². The van der Waals surface area contributed by atoms with Gasteiger partial charge in [-0.25, -0.2) is 9.36 Å². The van der Waals surface area contributed by atoms with Crippen LogP contribution in [0.1, 0.15) is 29.2 Å². The number of H-pyrrole nitrogens is 1. The van der Waals surface area contributed by atoms with E-state index in [0.29, 0.717) is 16.3 Å². The lowest BCUT2D eigenvalue weighted by Crippen LogP contribution is -2.30. The monoisotopic (exact) mass is 407 g/mol. The fourth-order valence-electron chi connectivity index (χ4n) is 3.37. The highest BCUT2D eigenvalue weighted by Gasteiger charge is 2.19. The SMILES string of the molecule is CCc1cccc2c1N=C/C2=C\c1c(O)n(-c2ccc(C)c(Cl)c2)c(=O)[nH]c1=O. The summed E-state index contributed by atoms with van der Waals surface area (Å²) in [5, 5.41) is 11.2. The van der Waals surface area contributed by atoms with Crippen LogP contribution in [0.3, 0.4) is 0 Å². The fraction of sp³-hybridized carbons (Fsp3) is 0.136. The van der Waals surface area contributed by atoms with E-state index in [1.165, 1.54) is 6.08 Å². The third-order valence-electron chi connectivity index (χ3n) is 4.98. The quantitative estimate of drug-likeness (QED) is 0.687. The molecule has 0 aliphatic carbocycles. The van der Waals surface area contributed by atoms with Crippen molar-refractivity contribution in [1.82, 2.24) is 9.55 Å². The molecule has 0 spiro atoms. The Balaban J connectivity index is 1.91. The van der Waals surface area contributed by atoms with Crippen molar-refractivity contribution in [2.45, 2.75) is 20.3 Å². The van der Waals surface area contributed by atoms with Gasteiger partial charge in [0.15, 0.2) is 0 Å². The molecule has 1 aliphatic rings. The molecule has 29 heavy (non-hydrogen) atoms. The van der Waals surface area contributed by atoms with E-state index < -0.39 is 17.1 Å². The Bertz CT molecular complexity index is 1320. The first kappa shape index (κ1) is 19.0. The molecule has 2 aromatic carbocycles. The summed E-state index contributed by atoms with van der Waals surface area (Å²) in [4.78, 5) is 31.5. The summed E-state index contributed by atoms with van der Waals surface area (Å²) in [6, 6.07) is 10.8. The second-order valence-corrected chi connectivity index (χ2v) is 7.20. The Hall–Kier alpha value is -3.38. The number of hydrogen-bond acceptors (Lipinski definition) is 4. The smallest absolute Gasteiger partial charge is 0.335 e. The number of nitrogens with one attached hydrogen (secondary N) is 1. The Morgan fingerprint density at radius 3 is 2.76 bits per heavy atom. The van der Waals surface area contributed by atoms with E-state index in [4.69, 9.17) is 11.6 Å². The minimum absolute atomic E-state index is 0.0301. The predicted octanol–water partition coefficient (Wildman–Crippen LogP) is 4.01. The number of para-hydroxylation sites is 1. The Kier molecular flexibility index (Phi) is 4.72. The first-order valence-corrected chi connectivity index (χ1v) is 9.51. The number of allylic oxidation sites excluding steroid dienone is 1. The average molecular weight is 408 g/mol. The molecule has 0 fully saturated rings. The number of aromatic nitrogens is 2. The molecule has 3 aromatic rings. The predicted molar refractivity (Wildman–Crippen MR) is 116 cm³/mol. The molecule has 2 heterocycles. The molecule has 1 aromatic heterocycles. The number of nitrogens with zero attached hydrogens (tertiary/aromatic N) is 2. The van der Waals surface area contributed by atoms with Crippen molar-refractivity contribution in [2.75, 3.05) is 0 Å². The number of halogens is 1. The van der Waals surface area contributed by atoms with Crippen LogP contribution in [0.4, 0.5) is 5.69 Å². The highest BCUT2D eigenvalue weighted by Crippen LogP contribution is 2.36. The van der Waals surface area contributed by atoms with Crippen molar-refractivity contribution < 1.29 is 5.11 Å². The fourth-order valence-corrected chi connectivity index (χ4v) is 3.54. The van der Waals surface area contributed by atoms with Gasteiger partial charge in [-0.05, 0) is 42.7 Å². The van der Waals surface area contributed by atoms with Gasteiger partial charge in [-0.1, -0.05) is 42.8 Å². The molecule has 4 rings (SSSR count). The van der Waals surface area contributed by atoms with Gasteiger partial charge in [0.05, 0.1) is 11.4 Å². The van der Waals surface area contributed by atoms with Crippen LogP contribution in [-0.4, -0.2) is 20.9 Å². The van der Waals surface area contributed by atoms with Gasteiger partial charge in [0.1, 0.15) is 5.56 Å². The van der Waals surface area contributed by atoms with Crippen molar-refractivity contribution in [2.24, 2.45) is 4.99 Å². The van der Waals surface area contributed by atoms with Crippen molar-refractivity contribution in [3.63, 3.8) is 0 Å². The summed E-state index contributed by atoms with van der Waals surface area (Å²) in [6.45, 7) is 3.88. The van der Waals surface area contributed by atoms with E-state index in [1.54, 1.807) is 24.4 Å². The molecular weight excluding hydrogens is 390 g/mol. The average Bonchev–Trinajstić information content (AvgIpc) is 3.10. The zero-order valence-corrected chi connectivity index (χ0v) is 16.6. The van der Waals surface area contributed by atoms with Gasteiger partial charge in [-0.3, -0.25) is 14.8 Å². The summed E-state index contributed by atoms with van der Waals surface area (Å²) < 4.78 is 1.02. The highest BCUT2D eigenvalue weighted by molar-refractivity contribution is 6.31. The van der Waals surface area contributed by atoms with Gasteiger partial charge in [0.2, 0.25) is 5.88 Å². The van der Waals surface area contributed by atoms with Crippen LogP contribution in [0.5, 0.6) is 5.88 Å². The van der Waals surface area contributed by atoms with Crippen LogP contribution in [-0.2, 0) is 6.42 Å². The minimum atomic E-state index is -0.747. The zero-order chi connectivity index (χ0) is 20.7. The van der Waals surface area contributed by atoms with Gasteiger partial charge in [-0.2, -0.15) is 0 Å². The van der Waals surface area contributed by atoms with E-state index in [9.17, 15) is 14.7 Å². The first-order chi connectivity index (χ1) is 13.9. The molecule has 0 atom stereocenters. The van der Waals surface area contributed by atoms with Gasteiger partial charge >= 0.3 is 5.69 Å². The number of aromatic hydroxyl groups is 1. The van der Waals surface area contributed by atoms with Crippen molar-refractivity contribution in [3.05, 3.63) is 84.5 Å². The largest absolute Gasteiger partial charge is 0.494 e. The molecule has 0 bridgehead atoms. The Labute approximate surface area is 171 Å². The number of benzene rings is 2. The van der Waals surface area contributed by atoms with Crippen LogP contribution in [0, 0.1) is 6.92 Å². The number of fused-ring (bicyclic) bond motifs is 1. The van der Waals surface area contributed by atoms with Gasteiger partial charge < -0.3 is 5.11 Å². The number of aryl methyl sites for hydroxylation is 2. The molecule has 0 unspecified atom stereocenters. The lowest BCUT2D eigenvalue weighted by molar-refractivity contribution is 0.429. The highest BCUT2D eigenvalue weighted by atomic mass is 35.5. The minimum Gasteiger partial charge on any atom is -0.494 e. The molecule has 0 saturated heterocycles. The summed E-state index contributed by atoms with van der Waals surface area (Å²) in [6.07, 6.45) is 4.02. The third kappa shape index (κ3) is 3.21. The van der Waals surface area contributed by atoms with Crippen molar-refractivity contribution in [1.29, 1.82) is 0 Å². The van der Waals surface area contributed by atoms with Crippen LogP contribution < -0.4 is 11.2 Å². The lowest BCUT2D eigenvalue weighted by atomic mass is 10.0. The summed E-state index contributed by atoms with van der Waals surface area (Å²) in [5.41, 5.74) is 3.25. The molecule has 146 valence electrons. The maximum absolute atomic E-state index is 12.4. The van der Waals surface area contributed by atoms with E-state index in [2.05, 4.69) is 9.98 Å². The molecule has 6 nitrogen and oxygen atoms in total. The van der Waals surface area contributed by atoms with Gasteiger partial charge in [0.25, 0.3) is 5.56 Å². The van der Waals surface area contributed by atoms with Gasteiger partial charge in [-0.15, -0.1) is 0 Å². The van der Waals surface area contributed by atoms with E-state index in [0.717, 1.165) is 33.4 Å². The van der Waals surface area contributed by atoms with Crippen LogP contribution >= 0.6 is 11.6 Å². The maximum Gasteiger partial charge on any atom is 0.335 e. The Morgan fingerprint density at radius 2 is 2.03 bits per heavy atom. The molecular formula is C22H18ClN3O3. The van der Waals surface area contributed by atoms with Crippen LogP contribution in [0.25, 0.3) is 17.3 Å². The molecule has 2 N–H and O–H groups in total. The van der Waals surface area contributed by atoms with Crippen molar-refractivity contribution >= 4 is 35.2 Å². The number of hydrogen-bond donors (Lipinski definition) is 2. The van der Waals surface area contributed by atoms with Gasteiger partial charge in [0, 0.05) is 22.4 Å². The number of aromatic amines is 1. The molecule has 1 aliphatic heterocycles. The Morgan fingerprint density at radius 1 is 1.24 bits per heavy atom. The van der Waals surface area contributed by atoms with E-state index in [1.807, 2.05) is 32.0 Å². The van der Waals surface area contributed by atoms with E-state index >= 15 is 0 Å². The zero-order valence-electron chi connectivity index (χ0n) is 15.9. The van der Waals surface area contributed by atoms with E-state index in [-0.39, 0.29) is 5.56 Å². The standard InChI is InChI=1S/C22H18ClN3O3/c1-3-13-5-4-6-16-14(11-24-19(13)16)9-17-20(27)25-22(29)26(21(17)28)15-8-7-12(2)18(23)10-15/h4-11,28H,3H2,1-2H3,(H,25,27,29)/b14-9+. The molecule has 0 amide bonds.